The third kappa shape index (κ3) is 6.06. The molecule has 0 aliphatic rings. The number of ether oxygens (including phenoxy) is 1. The lowest BCUT2D eigenvalue weighted by Crippen LogP contribution is -2.39. The molecule has 8 nitrogen and oxygen atoms in total. The van der Waals surface area contributed by atoms with Crippen LogP contribution in [-0.2, 0) is 9.53 Å². The summed E-state index contributed by atoms with van der Waals surface area (Å²) in [7, 11) is 3.28. The van der Waals surface area contributed by atoms with E-state index in [0.29, 0.717) is 25.4 Å². The van der Waals surface area contributed by atoms with Gasteiger partial charge in [-0.05, 0) is 6.07 Å². The fourth-order valence-electron chi connectivity index (χ4n) is 1.89. The van der Waals surface area contributed by atoms with Gasteiger partial charge in [0, 0.05) is 39.9 Å². The highest BCUT2D eigenvalue weighted by Gasteiger charge is 2.17. The number of nitrogens with one attached hydrogen (secondary N) is 2. The lowest BCUT2D eigenvalue weighted by atomic mass is 10.2. The number of amides is 1. The Kier molecular flexibility index (Phi) is 7.87. The smallest absolute Gasteiger partial charge is 0.292 e. The van der Waals surface area contributed by atoms with Crippen LogP contribution < -0.4 is 15.5 Å². The summed E-state index contributed by atoms with van der Waals surface area (Å²) >= 11 is 0. The average Bonchev–Trinajstić information content (AvgIpc) is 2.50. The number of carbonyl (C=O) groups is 1. The van der Waals surface area contributed by atoms with Gasteiger partial charge >= 0.3 is 0 Å². The summed E-state index contributed by atoms with van der Waals surface area (Å²) in [5, 5.41) is 16.8. The number of benzene rings is 1. The lowest BCUT2D eigenvalue weighted by Gasteiger charge is -2.18. The van der Waals surface area contributed by atoms with Crippen molar-refractivity contribution in [1.82, 2.24) is 10.6 Å². The molecule has 0 aliphatic heterocycles. The largest absolute Gasteiger partial charge is 0.383 e. The second-order valence-electron chi connectivity index (χ2n) is 4.69. The molecule has 2 N–H and O–H groups in total. The molecule has 0 saturated heterocycles. The molecule has 0 bridgehead atoms. The van der Waals surface area contributed by atoms with Crippen molar-refractivity contribution in [2.75, 3.05) is 51.8 Å². The highest BCUT2D eigenvalue weighted by molar-refractivity contribution is 5.82. The maximum Gasteiger partial charge on any atom is 0.292 e. The number of methoxy groups -OCH3 is 1. The molecule has 0 spiro atoms. The molecule has 0 aromatic heterocycles. The Morgan fingerprint density at radius 3 is 2.73 bits per heavy atom. The zero-order chi connectivity index (χ0) is 16.4. The first-order chi connectivity index (χ1) is 10.6. The van der Waals surface area contributed by atoms with Gasteiger partial charge in [0.15, 0.2) is 0 Å². The number of para-hydroxylation sites is 2. The van der Waals surface area contributed by atoms with Crippen molar-refractivity contribution in [3.05, 3.63) is 34.4 Å². The van der Waals surface area contributed by atoms with E-state index < -0.39 is 4.92 Å². The van der Waals surface area contributed by atoms with Crippen LogP contribution in [0, 0.1) is 10.1 Å². The van der Waals surface area contributed by atoms with E-state index in [1.165, 1.54) is 6.07 Å². The minimum atomic E-state index is -0.455. The van der Waals surface area contributed by atoms with Crippen molar-refractivity contribution < 1.29 is 14.5 Å². The van der Waals surface area contributed by atoms with E-state index in [1.54, 1.807) is 37.3 Å². The van der Waals surface area contributed by atoms with Crippen LogP contribution in [0.25, 0.3) is 0 Å². The molecule has 0 saturated carbocycles. The molecule has 0 unspecified atom stereocenters. The van der Waals surface area contributed by atoms with E-state index in [2.05, 4.69) is 10.6 Å². The Bertz CT molecular complexity index is 495. The van der Waals surface area contributed by atoms with Crippen molar-refractivity contribution in [2.45, 2.75) is 0 Å². The normalized spacial score (nSPS) is 10.3. The molecule has 22 heavy (non-hydrogen) atoms. The van der Waals surface area contributed by atoms with E-state index in [9.17, 15) is 14.9 Å². The second-order valence-corrected chi connectivity index (χ2v) is 4.69. The maximum absolute atomic E-state index is 11.8. The van der Waals surface area contributed by atoms with Crippen LogP contribution >= 0.6 is 0 Å². The summed E-state index contributed by atoms with van der Waals surface area (Å²) in [4.78, 5) is 23.9. The Morgan fingerprint density at radius 2 is 2.05 bits per heavy atom. The minimum Gasteiger partial charge on any atom is -0.383 e. The molecule has 0 atom stereocenters. The Balaban J connectivity index is 2.40. The van der Waals surface area contributed by atoms with Crippen molar-refractivity contribution in [3.63, 3.8) is 0 Å². The minimum absolute atomic E-state index is 0.0148. The zero-order valence-corrected chi connectivity index (χ0v) is 12.9. The van der Waals surface area contributed by atoms with Gasteiger partial charge in [-0.1, -0.05) is 12.1 Å². The number of hydrogen-bond donors (Lipinski definition) is 2. The molecule has 0 heterocycles. The SMILES string of the molecule is COCCNCCNC(=O)CN(C)c1ccccc1[N+](=O)[O-]. The van der Waals surface area contributed by atoms with E-state index in [0.717, 1.165) is 6.54 Å². The van der Waals surface area contributed by atoms with Gasteiger partial charge in [-0.2, -0.15) is 0 Å². The molecule has 1 rings (SSSR count). The number of nitro benzene ring substituents is 1. The predicted octanol–water partition coefficient (Wildman–Crippen LogP) is 0.383. The number of anilines is 1. The molecule has 0 fully saturated rings. The first-order valence-electron chi connectivity index (χ1n) is 6.97. The third-order valence-corrected chi connectivity index (χ3v) is 2.98. The van der Waals surface area contributed by atoms with Crippen LogP contribution in [0.1, 0.15) is 0 Å². The number of carbonyl (C=O) groups excluding carboxylic acids is 1. The number of rotatable bonds is 10. The van der Waals surface area contributed by atoms with Crippen LogP contribution in [0.5, 0.6) is 0 Å². The van der Waals surface area contributed by atoms with Crippen LogP contribution in [0.4, 0.5) is 11.4 Å². The fourth-order valence-corrected chi connectivity index (χ4v) is 1.89. The maximum atomic E-state index is 11.8. The second kappa shape index (κ2) is 9.69. The van der Waals surface area contributed by atoms with Crippen LogP contribution in [0.15, 0.2) is 24.3 Å². The summed E-state index contributed by atoms with van der Waals surface area (Å²) < 4.78 is 4.89. The summed E-state index contributed by atoms with van der Waals surface area (Å²) in [6.07, 6.45) is 0. The van der Waals surface area contributed by atoms with Crippen molar-refractivity contribution in [1.29, 1.82) is 0 Å². The van der Waals surface area contributed by atoms with Gasteiger partial charge in [-0.15, -0.1) is 0 Å². The number of nitro groups is 1. The molecule has 1 aromatic rings. The van der Waals surface area contributed by atoms with E-state index in [4.69, 9.17) is 4.74 Å². The van der Waals surface area contributed by atoms with Gasteiger partial charge in [0.25, 0.3) is 5.69 Å². The van der Waals surface area contributed by atoms with Gasteiger partial charge < -0.3 is 20.3 Å². The zero-order valence-electron chi connectivity index (χ0n) is 12.9. The van der Waals surface area contributed by atoms with Crippen LogP contribution in [0.3, 0.4) is 0 Å². The number of hydrogen-bond acceptors (Lipinski definition) is 6. The molecule has 0 radical (unpaired) electrons. The molecular formula is C14H22N4O4. The van der Waals surface area contributed by atoms with Gasteiger partial charge in [-0.25, -0.2) is 0 Å². The quantitative estimate of drug-likeness (QED) is 0.368. The molecular weight excluding hydrogens is 288 g/mol. The summed E-state index contributed by atoms with van der Waals surface area (Å²) in [5.74, 6) is -0.186. The van der Waals surface area contributed by atoms with E-state index >= 15 is 0 Å². The lowest BCUT2D eigenvalue weighted by molar-refractivity contribution is -0.384. The third-order valence-electron chi connectivity index (χ3n) is 2.98. The van der Waals surface area contributed by atoms with Gasteiger partial charge in [0.05, 0.1) is 18.1 Å². The Morgan fingerprint density at radius 1 is 1.32 bits per heavy atom. The van der Waals surface area contributed by atoms with Gasteiger partial charge in [0.1, 0.15) is 5.69 Å². The topological polar surface area (TPSA) is 96.7 Å². The Labute approximate surface area is 129 Å². The molecule has 1 amide bonds. The van der Waals surface area contributed by atoms with E-state index in [1.807, 2.05) is 0 Å². The highest BCUT2D eigenvalue weighted by atomic mass is 16.6. The van der Waals surface area contributed by atoms with Crippen molar-refractivity contribution in [2.24, 2.45) is 0 Å². The average molecular weight is 310 g/mol. The standard InChI is InChI=1S/C14H22N4O4/c1-17(12-5-3-4-6-13(12)18(20)21)11-14(19)16-8-7-15-9-10-22-2/h3-6,15H,7-11H2,1-2H3,(H,16,19). The van der Waals surface area contributed by atoms with Crippen molar-refractivity contribution in [3.8, 4) is 0 Å². The Hall–Kier alpha value is -2.19. The highest BCUT2D eigenvalue weighted by Crippen LogP contribution is 2.26. The molecule has 1 aromatic carbocycles. The van der Waals surface area contributed by atoms with Crippen molar-refractivity contribution >= 4 is 17.3 Å². The van der Waals surface area contributed by atoms with Crippen LogP contribution in [-0.4, -0.2) is 57.8 Å². The predicted molar refractivity (Wildman–Crippen MR) is 84.1 cm³/mol. The van der Waals surface area contributed by atoms with Gasteiger partial charge in [-0.3, -0.25) is 14.9 Å². The molecule has 8 heteroatoms. The van der Waals surface area contributed by atoms with E-state index in [-0.39, 0.29) is 18.1 Å². The van der Waals surface area contributed by atoms with Gasteiger partial charge in [0.2, 0.25) is 5.91 Å². The molecule has 122 valence electrons. The number of nitrogens with zero attached hydrogens (tertiary/aromatic N) is 2. The summed E-state index contributed by atoms with van der Waals surface area (Å²) in [6, 6.07) is 6.35. The first kappa shape index (κ1) is 17.9. The monoisotopic (exact) mass is 310 g/mol. The number of likely N-dealkylation sites (N-methyl/N-ethyl adjacent to an activating group) is 1. The first-order valence-corrected chi connectivity index (χ1v) is 6.97. The fraction of sp³-hybridized carbons (Fsp3) is 0.500. The molecule has 0 aliphatic carbocycles. The summed E-state index contributed by atoms with van der Waals surface area (Å²) in [6.45, 7) is 2.54. The summed E-state index contributed by atoms with van der Waals surface area (Å²) in [5.41, 5.74) is 0.403. The van der Waals surface area contributed by atoms with Crippen LogP contribution in [0.2, 0.25) is 0 Å².